The Labute approximate surface area is 126 Å². The summed E-state index contributed by atoms with van der Waals surface area (Å²) in [6, 6.07) is 6.50. The number of nitrogens with zero attached hydrogens (tertiary/aromatic N) is 1. The average Bonchev–Trinajstić information content (AvgIpc) is 2.40. The summed E-state index contributed by atoms with van der Waals surface area (Å²) >= 11 is 3.54. The summed E-state index contributed by atoms with van der Waals surface area (Å²) in [7, 11) is 0. The Balaban J connectivity index is 3.03. The molecule has 1 rings (SSSR count). The molecule has 0 aliphatic heterocycles. The number of anilines is 1. The average molecular weight is 327 g/mol. The Bertz CT molecular complexity index is 386. The predicted octanol–water partition coefficient (Wildman–Crippen LogP) is 4.73. The second kappa shape index (κ2) is 7.91. The minimum atomic E-state index is 0.0586. The Morgan fingerprint density at radius 1 is 1.21 bits per heavy atom. The van der Waals surface area contributed by atoms with Crippen molar-refractivity contribution in [2.45, 2.75) is 46.6 Å². The van der Waals surface area contributed by atoms with Crippen LogP contribution in [0.3, 0.4) is 0 Å². The van der Waals surface area contributed by atoms with Gasteiger partial charge in [0.2, 0.25) is 0 Å². The zero-order valence-electron chi connectivity index (χ0n) is 12.6. The molecule has 0 bridgehead atoms. The number of rotatable bonds is 7. The lowest BCUT2D eigenvalue weighted by atomic mass is 10.0. The van der Waals surface area contributed by atoms with Crippen molar-refractivity contribution in [3.05, 3.63) is 28.2 Å². The molecule has 0 fully saturated rings. The van der Waals surface area contributed by atoms with Crippen LogP contribution in [0.2, 0.25) is 0 Å². The SMILES string of the molecule is CCC(CC)CN(CC)c1ccc(Br)cc1C(C)N. The Kier molecular flexibility index (Phi) is 6.87. The Morgan fingerprint density at radius 3 is 2.32 bits per heavy atom. The summed E-state index contributed by atoms with van der Waals surface area (Å²) in [6.45, 7) is 11.0. The molecule has 19 heavy (non-hydrogen) atoms. The van der Waals surface area contributed by atoms with Gasteiger partial charge in [-0.3, -0.25) is 0 Å². The fraction of sp³-hybridized carbons (Fsp3) is 0.625. The fourth-order valence-corrected chi connectivity index (χ4v) is 2.81. The van der Waals surface area contributed by atoms with E-state index in [-0.39, 0.29) is 6.04 Å². The first-order valence-corrected chi connectivity index (χ1v) is 8.12. The van der Waals surface area contributed by atoms with Crippen molar-refractivity contribution < 1.29 is 0 Å². The van der Waals surface area contributed by atoms with Gasteiger partial charge in [0.25, 0.3) is 0 Å². The van der Waals surface area contributed by atoms with Crippen LogP contribution in [0.15, 0.2) is 22.7 Å². The summed E-state index contributed by atoms with van der Waals surface area (Å²) in [5.74, 6) is 0.754. The van der Waals surface area contributed by atoms with Crippen LogP contribution in [0.4, 0.5) is 5.69 Å². The molecule has 0 amide bonds. The lowest BCUT2D eigenvalue weighted by Crippen LogP contribution is -2.30. The highest BCUT2D eigenvalue weighted by Crippen LogP contribution is 2.29. The largest absolute Gasteiger partial charge is 0.371 e. The van der Waals surface area contributed by atoms with Crippen molar-refractivity contribution in [2.75, 3.05) is 18.0 Å². The zero-order valence-corrected chi connectivity index (χ0v) is 14.2. The highest BCUT2D eigenvalue weighted by atomic mass is 79.9. The highest BCUT2D eigenvalue weighted by Gasteiger charge is 2.16. The van der Waals surface area contributed by atoms with Crippen molar-refractivity contribution in [2.24, 2.45) is 11.7 Å². The Morgan fingerprint density at radius 2 is 1.84 bits per heavy atom. The van der Waals surface area contributed by atoms with Crippen LogP contribution in [0.5, 0.6) is 0 Å². The lowest BCUT2D eigenvalue weighted by molar-refractivity contribution is 0.485. The van der Waals surface area contributed by atoms with Gasteiger partial charge in [-0.1, -0.05) is 42.6 Å². The van der Waals surface area contributed by atoms with Gasteiger partial charge in [0, 0.05) is 29.3 Å². The lowest BCUT2D eigenvalue weighted by Gasteiger charge is -2.30. The summed E-state index contributed by atoms with van der Waals surface area (Å²) in [5.41, 5.74) is 8.63. The van der Waals surface area contributed by atoms with Gasteiger partial charge in [0.1, 0.15) is 0 Å². The standard InChI is InChI=1S/C16H27BrN2/c1-5-13(6-2)11-19(7-3)16-9-8-14(17)10-15(16)12(4)18/h8-10,12-13H,5-7,11,18H2,1-4H3. The van der Waals surface area contributed by atoms with Gasteiger partial charge in [0.15, 0.2) is 0 Å². The van der Waals surface area contributed by atoms with Gasteiger partial charge in [-0.15, -0.1) is 0 Å². The van der Waals surface area contributed by atoms with E-state index in [1.165, 1.54) is 24.1 Å². The van der Waals surface area contributed by atoms with Crippen LogP contribution in [-0.4, -0.2) is 13.1 Å². The highest BCUT2D eigenvalue weighted by molar-refractivity contribution is 9.10. The summed E-state index contributed by atoms with van der Waals surface area (Å²) < 4.78 is 1.10. The van der Waals surface area contributed by atoms with E-state index >= 15 is 0 Å². The fourth-order valence-electron chi connectivity index (χ4n) is 2.43. The first kappa shape index (κ1) is 16.5. The minimum absolute atomic E-state index is 0.0586. The van der Waals surface area contributed by atoms with Gasteiger partial charge in [-0.05, 0) is 43.5 Å². The quantitative estimate of drug-likeness (QED) is 0.784. The van der Waals surface area contributed by atoms with Crippen LogP contribution in [0.1, 0.15) is 52.1 Å². The molecule has 0 aromatic heterocycles. The number of halogens is 1. The van der Waals surface area contributed by atoms with E-state index in [1.54, 1.807) is 0 Å². The van der Waals surface area contributed by atoms with E-state index < -0.39 is 0 Å². The molecule has 1 aromatic rings. The molecule has 0 saturated heterocycles. The molecule has 0 aliphatic rings. The maximum Gasteiger partial charge on any atom is 0.0415 e. The second-order valence-corrected chi connectivity index (χ2v) is 6.13. The monoisotopic (exact) mass is 326 g/mol. The van der Waals surface area contributed by atoms with Crippen molar-refractivity contribution in [1.29, 1.82) is 0 Å². The smallest absolute Gasteiger partial charge is 0.0415 e. The maximum atomic E-state index is 6.12. The van der Waals surface area contributed by atoms with Crippen molar-refractivity contribution in [3.63, 3.8) is 0 Å². The predicted molar refractivity (Wildman–Crippen MR) is 88.7 cm³/mol. The molecule has 0 radical (unpaired) electrons. The van der Waals surface area contributed by atoms with E-state index in [4.69, 9.17) is 5.73 Å². The summed E-state index contributed by atoms with van der Waals surface area (Å²) in [4.78, 5) is 2.46. The molecule has 2 N–H and O–H groups in total. The molecule has 0 aliphatic carbocycles. The molecule has 108 valence electrons. The number of hydrogen-bond donors (Lipinski definition) is 1. The van der Waals surface area contributed by atoms with Gasteiger partial charge < -0.3 is 10.6 Å². The van der Waals surface area contributed by atoms with Gasteiger partial charge in [0.05, 0.1) is 0 Å². The van der Waals surface area contributed by atoms with Gasteiger partial charge in [-0.2, -0.15) is 0 Å². The van der Waals surface area contributed by atoms with E-state index in [2.05, 4.69) is 66.7 Å². The first-order chi connectivity index (χ1) is 9.03. The van der Waals surface area contributed by atoms with Crippen molar-refractivity contribution >= 4 is 21.6 Å². The van der Waals surface area contributed by atoms with Crippen LogP contribution in [0, 0.1) is 5.92 Å². The van der Waals surface area contributed by atoms with Crippen LogP contribution >= 0.6 is 15.9 Å². The number of hydrogen-bond acceptors (Lipinski definition) is 2. The number of benzene rings is 1. The van der Waals surface area contributed by atoms with Crippen molar-refractivity contribution in [1.82, 2.24) is 0 Å². The maximum absolute atomic E-state index is 6.12. The van der Waals surface area contributed by atoms with E-state index in [9.17, 15) is 0 Å². The molecule has 2 nitrogen and oxygen atoms in total. The third kappa shape index (κ3) is 4.50. The van der Waals surface area contributed by atoms with E-state index in [0.717, 1.165) is 23.5 Å². The summed E-state index contributed by atoms with van der Waals surface area (Å²) in [6.07, 6.45) is 2.47. The Hall–Kier alpha value is -0.540. The second-order valence-electron chi connectivity index (χ2n) is 5.21. The van der Waals surface area contributed by atoms with Crippen LogP contribution < -0.4 is 10.6 Å². The first-order valence-electron chi connectivity index (χ1n) is 7.33. The molecular weight excluding hydrogens is 300 g/mol. The molecule has 0 heterocycles. The normalized spacial score (nSPS) is 12.8. The molecule has 1 atom stereocenters. The molecule has 1 unspecified atom stereocenters. The molecule has 0 spiro atoms. The summed E-state index contributed by atoms with van der Waals surface area (Å²) in [5, 5.41) is 0. The number of nitrogens with two attached hydrogens (primary N) is 1. The third-order valence-corrected chi connectivity index (χ3v) is 4.33. The molecule has 0 saturated carbocycles. The van der Waals surface area contributed by atoms with Crippen LogP contribution in [0.25, 0.3) is 0 Å². The molecule has 3 heteroatoms. The minimum Gasteiger partial charge on any atom is -0.371 e. The van der Waals surface area contributed by atoms with Gasteiger partial charge in [-0.25, -0.2) is 0 Å². The zero-order chi connectivity index (χ0) is 14.4. The van der Waals surface area contributed by atoms with Gasteiger partial charge >= 0.3 is 0 Å². The molecular formula is C16H27BrN2. The van der Waals surface area contributed by atoms with E-state index in [1.807, 2.05) is 0 Å². The van der Waals surface area contributed by atoms with Crippen LogP contribution in [-0.2, 0) is 0 Å². The topological polar surface area (TPSA) is 29.3 Å². The van der Waals surface area contributed by atoms with E-state index in [0.29, 0.717) is 0 Å². The van der Waals surface area contributed by atoms with Crippen molar-refractivity contribution in [3.8, 4) is 0 Å². The third-order valence-electron chi connectivity index (χ3n) is 3.84. The molecule has 1 aromatic carbocycles.